The second kappa shape index (κ2) is 10.3. The number of aromatic nitrogens is 3. The molecule has 0 amide bonds. The molecule has 11 aromatic rings. The number of benzene rings is 8. The van der Waals surface area contributed by atoms with Crippen LogP contribution < -0.4 is 4.90 Å². The van der Waals surface area contributed by atoms with Gasteiger partial charge in [0, 0.05) is 49.4 Å². The minimum Gasteiger partial charge on any atom is -0.309 e. The van der Waals surface area contributed by atoms with Crippen molar-refractivity contribution in [3.8, 4) is 17.1 Å². The number of anilines is 3. The Labute approximate surface area is 299 Å². The van der Waals surface area contributed by atoms with E-state index in [2.05, 4.69) is 201 Å². The summed E-state index contributed by atoms with van der Waals surface area (Å²) in [6.07, 6.45) is 0. The van der Waals surface area contributed by atoms with Gasteiger partial charge < -0.3 is 18.6 Å². The van der Waals surface area contributed by atoms with Gasteiger partial charge in [0.1, 0.15) is 0 Å². The maximum absolute atomic E-state index is 2.49. The lowest BCUT2D eigenvalue weighted by atomic mass is 10.1. The van der Waals surface area contributed by atoms with Crippen LogP contribution in [0, 0.1) is 0 Å². The van der Waals surface area contributed by atoms with Gasteiger partial charge in [-0.2, -0.15) is 0 Å². The van der Waals surface area contributed by atoms with Gasteiger partial charge in [-0.15, -0.1) is 0 Å². The Morgan fingerprint density at radius 3 is 1.40 bits per heavy atom. The molecule has 0 N–H and O–H groups in total. The summed E-state index contributed by atoms with van der Waals surface area (Å²) in [5.41, 5.74) is 14.3. The van der Waals surface area contributed by atoms with Crippen molar-refractivity contribution < 1.29 is 0 Å². The highest BCUT2D eigenvalue weighted by Gasteiger charge is 2.29. The zero-order valence-electron chi connectivity index (χ0n) is 28.1. The Balaban J connectivity index is 1.10. The third kappa shape index (κ3) is 3.60. The fourth-order valence-corrected chi connectivity index (χ4v) is 9.00. The van der Waals surface area contributed by atoms with Gasteiger partial charge in [0.05, 0.1) is 50.2 Å². The largest absolute Gasteiger partial charge is 0.309 e. The molecule has 0 spiro atoms. The van der Waals surface area contributed by atoms with E-state index in [0.717, 1.165) is 17.1 Å². The molecule has 4 heteroatoms. The molecule has 0 unspecified atom stereocenters. The SMILES string of the molecule is c1ccc(-n2c3ccccc3c3cc4c5cccc6c5n(c4cc32)-c2ccccc2N6c2ccc(-n3c4ccccc4c4ccccc43)cc2)cc1. The van der Waals surface area contributed by atoms with Gasteiger partial charge in [-0.05, 0) is 84.9 Å². The lowest BCUT2D eigenvalue weighted by Gasteiger charge is -2.33. The van der Waals surface area contributed by atoms with Crippen molar-refractivity contribution in [3.05, 3.63) is 182 Å². The van der Waals surface area contributed by atoms with E-state index in [4.69, 9.17) is 0 Å². The fraction of sp³-hybridized carbons (Fsp3) is 0. The molecule has 0 bridgehead atoms. The second-order valence-corrected chi connectivity index (χ2v) is 13.8. The Morgan fingerprint density at radius 1 is 0.250 bits per heavy atom. The predicted molar refractivity (Wildman–Crippen MR) is 218 cm³/mol. The van der Waals surface area contributed by atoms with Crippen LogP contribution in [-0.4, -0.2) is 13.7 Å². The van der Waals surface area contributed by atoms with Crippen molar-refractivity contribution >= 4 is 82.5 Å². The summed E-state index contributed by atoms with van der Waals surface area (Å²) in [4.78, 5) is 2.44. The predicted octanol–water partition coefficient (Wildman–Crippen LogP) is 12.8. The fourth-order valence-electron chi connectivity index (χ4n) is 9.00. The minimum absolute atomic E-state index is 1.13. The average molecular weight is 663 g/mol. The van der Waals surface area contributed by atoms with E-state index in [1.54, 1.807) is 0 Å². The summed E-state index contributed by atoms with van der Waals surface area (Å²) in [7, 11) is 0. The zero-order valence-corrected chi connectivity index (χ0v) is 28.1. The van der Waals surface area contributed by atoms with Gasteiger partial charge in [0.15, 0.2) is 0 Å². The van der Waals surface area contributed by atoms with Gasteiger partial charge in [-0.1, -0.05) is 97.1 Å². The van der Waals surface area contributed by atoms with E-state index in [1.165, 1.54) is 82.5 Å². The number of nitrogens with zero attached hydrogens (tertiary/aromatic N) is 4. The smallest absolute Gasteiger partial charge is 0.0783 e. The van der Waals surface area contributed by atoms with E-state index in [-0.39, 0.29) is 0 Å². The Bertz CT molecular complexity index is 3180. The van der Waals surface area contributed by atoms with Crippen LogP contribution in [0.25, 0.3) is 82.5 Å². The first-order chi connectivity index (χ1) is 25.8. The molecule has 4 nitrogen and oxygen atoms in total. The Kier molecular flexibility index (Phi) is 5.47. The zero-order chi connectivity index (χ0) is 33.9. The minimum atomic E-state index is 1.13. The molecule has 1 aliphatic heterocycles. The monoisotopic (exact) mass is 662 g/mol. The van der Waals surface area contributed by atoms with Crippen LogP contribution >= 0.6 is 0 Å². The van der Waals surface area contributed by atoms with Crippen LogP contribution in [0.2, 0.25) is 0 Å². The normalized spacial score (nSPS) is 12.6. The second-order valence-electron chi connectivity index (χ2n) is 13.8. The lowest BCUT2D eigenvalue weighted by Crippen LogP contribution is -2.18. The van der Waals surface area contributed by atoms with E-state index >= 15 is 0 Å². The van der Waals surface area contributed by atoms with Crippen molar-refractivity contribution in [2.75, 3.05) is 4.90 Å². The van der Waals surface area contributed by atoms with Gasteiger partial charge in [-0.3, -0.25) is 0 Å². The molecule has 0 saturated heterocycles. The molecular weight excluding hydrogens is 633 g/mol. The van der Waals surface area contributed by atoms with Crippen LogP contribution in [0.15, 0.2) is 182 Å². The molecule has 1 aliphatic rings. The first-order valence-corrected chi connectivity index (χ1v) is 17.9. The molecular formula is C48H30N4. The third-order valence-corrected chi connectivity index (χ3v) is 11.1. The van der Waals surface area contributed by atoms with E-state index in [9.17, 15) is 0 Å². The van der Waals surface area contributed by atoms with Gasteiger partial charge in [0.2, 0.25) is 0 Å². The molecule has 0 fully saturated rings. The van der Waals surface area contributed by atoms with Crippen LogP contribution in [0.3, 0.4) is 0 Å². The standard InChI is InChI=1S/C48H30N4/c1-2-13-31(14-3-1)50-42-21-9-6-17-36(42)38-29-39-37-18-12-24-45-48(37)52(47(39)30-46(38)50)44-23-11-10-22-43(44)51(45)33-27-25-32(26-28-33)49-40-19-7-4-15-34(40)35-16-5-8-20-41(35)49/h1-30H. The Morgan fingerprint density at radius 2 is 0.712 bits per heavy atom. The molecule has 0 saturated carbocycles. The highest BCUT2D eigenvalue weighted by Crippen LogP contribution is 2.50. The lowest BCUT2D eigenvalue weighted by molar-refractivity contribution is 1.11. The van der Waals surface area contributed by atoms with E-state index in [1.807, 2.05) is 0 Å². The molecule has 0 aliphatic carbocycles. The average Bonchev–Trinajstić information content (AvgIpc) is 3.84. The molecule has 4 heterocycles. The maximum atomic E-state index is 2.49. The van der Waals surface area contributed by atoms with E-state index in [0.29, 0.717) is 0 Å². The number of hydrogen-bond acceptors (Lipinski definition) is 1. The molecule has 242 valence electrons. The summed E-state index contributed by atoms with van der Waals surface area (Å²) < 4.78 is 7.29. The number of fused-ring (bicyclic) bond motifs is 11. The maximum Gasteiger partial charge on any atom is 0.0783 e. The Hall–Kier alpha value is -7.04. The van der Waals surface area contributed by atoms with E-state index < -0.39 is 0 Å². The van der Waals surface area contributed by atoms with Crippen molar-refractivity contribution in [1.29, 1.82) is 0 Å². The van der Waals surface area contributed by atoms with Gasteiger partial charge in [-0.25, -0.2) is 0 Å². The van der Waals surface area contributed by atoms with Crippen LogP contribution in [0.1, 0.15) is 0 Å². The number of rotatable bonds is 3. The quantitative estimate of drug-likeness (QED) is 0.184. The third-order valence-electron chi connectivity index (χ3n) is 11.1. The molecule has 0 radical (unpaired) electrons. The molecule has 52 heavy (non-hydrogen) atoms. The van der Waals surface area contributed by atoms with Crippen LogP contribution in [-0.2, 0) is 0 Å². The van der Waals surface area contributed by atoms with Gasteiger partial charge >= 0.3 is 0 Å². The topological polar surface area (TPSA) is 18.0 Å². The van der Waals surface area contributed by atoms with Crippen molar-refractivity contribution in [2.24, 2.45) is 0 Å². The highest BCUT2D eigenvalue weighted by molar-refractivity contribution is 6.22. The molecule has 12 rings (SSSR count). The van der Waals surface area contributed by atoms with Crippen LogP contribution in [0.4, 0.5) is 17.1 Å². The molecule has 3 aromatic heterocycles. The van der Waals surface area contributed by atoms with Crippen molar-refractivity contribution in [2.45, 2.75) is 0 Å². The summed E-state index contributed by atoms with van der Waals surface area (Å²) in [5.74, 6) is 0. The van der Waals surface area contributed by atoms with Gasteiger partial charge in [0.25, 0.3) is 0 Å². The summed E-state index contributed by atoms with van der Waals surface area (Å²) >= 11 is 0. The molecule has 0 atom stereocenters. The first kappa shape index (κ1) is 27.7. The number of para-hydroxylation sites is 7. The van der Waals surface area contributed by atoms with Crippen molar-refractivity contribution in [1.82, 2.24) is 13.7 Å². The highest BCUT2D eigenvalue weighted by atomic mass is 15.2. The molecule has 8 aromatic carbocycles. The van der Waals surface area contributed by atoms with Crippen molar-refractivity contribution in [3.63, 3.8) is 0 Å². The number of hydrogen-bond donors (Lipinski definition) is 0. The summed E-state index contributed by atoms with van der Waals surface area (Å²) in [6.45, 7) is 0. The summed E-state index contributed by atoms with van der Waals surface area (Å²) in [5, 5.41) is 7.59. The van der Waals surface area contributed by atoms with Crippen LogP contribution in [0.5, 0.6) is 0 Å². The summed E-state index contributed by atoms with van der Waals surface area (Å²) in [6, 6.07) is 66.4. The first-order valence-electron chi connectivity index (χ1n) is 17.9.